The van der Waals surface area contributed by atoms with E-state index in [-0.39, 0.29) is 18.4 Å². The molecule has 0 aliphatic heterocycles. The second-order valence-corrected chi connectivity index (χ2v) is 3.98. The molecule has 0 spiro atoms. The van der Waals surface area contributed by atoms with Gasteiger partial charge in [-0.05, 0) is 31.5 Å². The first kappa shape index (κ1) is 13.9. The molecular formula is C14H15NO5. The summed E-state index contributed by atoms with van der Waals surface area (Å²) in [6, 6.07) is 5.43. The van der Waals surface area contributed by atoms with Crippen LogP contribution in [0, 0.1) is 6.92 Å². The molecule has 0 amide bonds. The maximum Gasteiger partial charge on any atom is 0.400 e. The van der Waals surface area contributed by atoms with Crippen molar-refractivity contribution in [3.8, 4) is 17.6 Å². The zero-order chi connectivity index (χ0) is 14.5. The summed E-state index contributed by atoms with van der Waals surface area (Å²) in [5.74, 6) is 0.457. The van der Waals surface area contributed by atoms with E-state index in [1.165, 1.54) is 6.26 Å². The Labute approximate surface area is 116 Å². The summed E-state index contributed by atoms with van der Waals surface area (Å²) in [7, 11) is 1.54. The quantitative estimate of drug-likeness (QED) is 0.782. The maximum absolute atomic E-state index is 11.5. The highest BCUT2D eigenvalue weighted by Gasteiger charge is 2.15. The molecule has 0 atom stereocenters. The number of benzene rings is 1. The van der Waals surface area contributed by atoms with Crippen molar-refractivity contribution in [2.75, 3.05) is 13.7 Å². The van der Waals surface area contributed by atoms with Crippen LogP contribution in [0.1, 0.15) is 23.0 Å². The number of aromatic nitrogens is 1. The van der Waals surface area contributed by atoms with Gasteiger partial charge in [-0.3, -0.25) is 0 Å². The van der Waals surface area contributed by atoms with Crippen LogP contribution in [0.3, 0.4) is 0 Å². The van der Waals surface area contributed by atoms with Gasteiger partial charge in [-0.2, -0.15) is 4.98 Å². The van der Waals surface area contributed by atoms with E-state index < -0.39 is 5.97 Å². The summed E-state index contributed by atoms with van der Waals surface area (Å²) >= 11 is 0. The van der Waals surface area contributed by atoms with Gasteiger partial charge in [0.05, 0.1) is 13.7 Å². The number of carbonyl (C=O) groups is 1. The largest absolute Gasteiger partial charge is 0.493 e. The van der Waals surface area contributed by atoms with Crippen LogP contribution in [0.15, 0.2) is 28.9 Å². The fourth-order valence-corrected chi connectivity index (χ4v) is 1.56. The second-order valence-electron chi connectivity index (χ2n) is 3.98. The molecular weight excluding hydrogens is 262 g/mol. The van der Waals surface area contributed by atoms with Crippen LogP contribution in [0.5, 0.6) is 17.6 Å². The molecule has 0 N–H and O–H groups in total. The zero-order valence-electron chi connectivity index (χ0n) is 11.5. The van der Waals surface area contributed by atoms with E-state index in [2.05, 4.69) is 4.98 Å². The predicted octanol–water partition coefficient (Wildman–Crippen LogP) is 2.96. The van der Waals surface area contributed by atoms with Crippen molar-refractivity contribution in [1.29, 1.82) is 0 Å². The number of carbonyl (C=O) groups excluding carboxylic acids is 1. The van der Waals surface area contributed by atoms with Gasteiger partial charge in [0, 0.05) is 0 Å². The van der Waals surface area contributed by atoms with Gasteiger partial charge in [0.25, 0.3) is 0 Å². The molecule has 2 rings (SSSR count). The van der Waals surface area contributed by atoms with Crippen LogP contribution in [0.2, 0.25) is 0 Å². The third-order valence-electron chi connectivity index (χ3n) is 2.48. The van der Waals surface area contributed by atoms with E-state index in [9.17, 15) is 4.79 Å². The van der Waals surface area contributed by atoms with Crippen LogP contribution in [0.4, 0.5) is 0 Å². The first-order valence-corrected chi connectivity index (χ1v) is 6.09. The highest BCUT2D eigenvalue weighted by atomic mass is 16.6. The minimum absolute atomic E-state index is 0.0461. The average Bonchev–Trinajstić information content (AvgIpc) is 2.89. The maximum atomic E-state index is 11.5. The van der Waals surface area contributed by atoms with Crippen LogP contribution in [0.25, 0.3) is 0 Å². The minimum Gasteiger partial charge on any atom is -0.493 e. The van der Waals surface area contributed by atoms with Gasteiger partial charge in [-0.25, -0.2) is 4.79 Å². The van der Waals surface area contributed by atoms with E-state index in [4.69, 9.17) is 18.6 Å². The molecule has 0 aliphatic rings. The summed E-state index contributed by atoms with van der Waals surface area (Å²) < 4.78 is 20.5. The van der Waals surface area contributed by atoms with E-state index >= 15 is 0 Å². The molecule has 6 heteroatoms. The number of hydrogen-bond acceptors (Lipinski definition) is 6. The molecule has 106 valence electrons. The highest BCUT2D eigenvalue weighted by molar-refractivity contribution is 5.86. The van der Waals surface area contributed by atoms with E-state index in [1.54, 1.807) is 20.1 Å². The fraction of sp³-hybridized carbons (Fsp3) is 0.286. The summed E-state index contributed by atoms with van der Waals surface area (Å²) in [5.41, 5.74) is 1.10. The van der Waals surface area contributed by atoms with E-state index in [0.717, 1.165) is 5.56 Å². The number of methoxy groups -OCH3 is 1. The van der Waals surface area contributed by atoms with E-state index in [1.807, 2.05) is 19.1 Å². The molecule has 0 saturated heterocycles. The van der Waals surface area contributed by atoms with Gasteiger partial charge >= 0.3 is 12.0 Å². The molecule has 20 heavy (non-hydrogen) atoms. The Balaban J connectivity index is 2.16. The number of nitrogens with zero attached hydrogens (tertiary/aromatic N) is 1. The molecule has 0 aliphatic carbocycles. The third kappa shape index (κ3) is 3.09. The van der Waals surface area contributed by atoms with E-state index in [0.29, 0.717) is 11.5 Å². The number of ether oxygens (including phenoxy) is 3. The van der Waals surface area contributed by atoms with Crippen LogP contribution in [-0.4, -0.2) is 24.7 Å². The first-order valence-electron chi connectivity index (χ1n) is 6.09. The number of aryl methyl sites for hydroxylation is 1. The molecule has 0 unspecified atom stereocenters. The standard InChI is InChI=1S/C14H15NO5/c1-4-18-13(16)10-8-19-14(15-10)20-11-6-5-9(2)7-12(11)17-3/h5-8H,4H2,1-3H3. The molecule has 0 saturated carbocycles. The van der Waals surface area contributed by atoms with Crippen LogP contribution < -0.4 is 9.47 Å². The number of hydrogen-bond donors (Lipinski definition) is 0. The summed E-state index contributed by atoms with van der Waals surface area (Å²) in [5, 5.41) is 0. The number of rotatable bonds is 5. The topological polar surface area (TPSA) is 70.8 Å². The molecule has 0 radical (unpaired) electrons. The Morgan fingerprint density at radius 1 is 1.35 bits per heavy atom. The molecule has 1 aromatic heterocycles. The lowest BCUT2D eigenvalue weighted by atomic mass is 10.2. The number of esters is 1. The van der Waals surface area contributed by atoms with Crippen molar-refractivity contribution in [3.05, 3.63) is 35.7 Å². The Bertz CT molecular complexity index is 605. The summed E-state index contributed by atoms with van der Waals surface area (Å²) in [6.45, 7) is 3.93. The molecule has 6 nitrogen and oxygen atoms in total. The number of oxazole rings is 1. The van der Waals surface area contributed by atoms with Crippen LogP contribution >= 0.6 is 0 Å². The normalized spacial score (nSPS) is 10.2. The lowest BCUT2D eigenvalue weighted by molar-refractivity contribution is 0.0519. The lowest BCUT2D eigenvalue weighted by Crippen LogP contribution is -2.04. The van der Waals surface area contributed by atoms with Crippen molar-refractivity contribution in [2.24, 2.45) is 0 Å². The summed E-state index contributed by atoms with van der Waals surface area (Å²) in [4.78, 5) is 15.4. The first-order chi connectivity index (χ1) is 9.63. The average molecular weight is 277 g/mol. The lowest BCUT2D eigenvalue weighted by Gasteiger charge is -2.07. The zero-order valence-corrected chi connectivity index (χ0v) is 11.5. The second kappa shape index (κ2) is 6.10. The highest BCUT2D eigenvalue weighted by Crippen LogP contribution is 2.31. The fourth-order valence-electron chi connectivity index (χ4n) is 1.56. The Hall–Kier alpha value is -2.50. The molecule has 1 heterocycles. The molecule has 0 bridgehead atoms. The van der Waals surface area contributed by atoms with Gasteiger partial charge in [0.2, 0.25) is 0 Å². The van der Waals surface area contributed by atoms with Crippen molar-refractivity contribution < 1.29 is 23.4 Å². The van der Waals surface area contributed by atoms with Crippen molar-refractivity contribution in [3.63, 3.8) is 0 Å². The van der Waals surface area contributed by atoms with Gasteiger partial charge in [-0.15, -0.1) is 0 Å². The van der Waals surface area contributed by atoms with Gasteiger partial charge in [-0.1, -0.05) is 6.07 Å². The van der Waals surface area contributed by atoms with Crippen molar-refractivity contribution >= 4 is 5.97 Å². The van der Waals surface area contributed by atoms with Crippen molar-refractivity contribution in [2.45, 2.75) is 13.8 Å². The smallest absolute Gasteiger partial charge is 0.400 e. The molecule has 0 fully saturated rings. The minimum atomic E-state index is -0.554. The van der Waals surface area contributed by atoms with Crippen molar-refractivity contribution in [1.82, 2.24) is 4.98 Å². The SMILES string of the molecule is CCOC(=O)c1coc(Oc2ccc(C)cc2OC)n1. The molecule has 1 aromatic carbocycles. The Kier molecular flexibility index (Phi) is 4.24. The van der Waals surface area contributed by atoms with Gasteiger partial charge in [0.1, 0.15) is 6.26 Å². The van der Waals surface area contributed by atoms with Crippen LogP contribution in [-0.2, 0) is 4.74 Å². The predicted molar refractivity (Wildman–Crippen MR) is 70.3 cm³/mol. The monoisotopic (exact) mass is 277 g/mol. The van der Waals surface area contributed by atoms with Gasteiger partial charge in [0.15, 0.2) is 17.2 Å². The third-order valence-corrected chi connectivity index (χ3v) is 2.48. The summed E-state index contributed by atoms with van der Waals surface area (Å²) in [6.07, 6.45) is 1.14. The molecule has 2 aromatic rings. The van der Waals surface area contributed by atoms with Gasteiger partial charge < -0.3 is 18.6 Å². The Morgan fingerprint density at radius 2 is 2.15 bits per heavy atom. The Morgan fingerprint density at radius 3 is 2.85 bits per heavy atom.